The Morgan fingerprint density at radius 1 is 1.41 bits per heavy atom. The molecule has 0 unspecified atom stereocenters. The minimum atomic E-state index is -0.430. The summed E-state index contributed by atoms with van der Waals surface area (Å²) in [7, 11) is 0. The van der Waals surface area contributed by atoms with Crippen LogP contribution >= 0.6 is 22.9 Å². The molecule has 1 aromatic heterocycles. The fourth-order valence-corrected chi connectivity index (χ4v) is 3.60. The number of rotatable bonds is 5. The van der Waals surface area contributed by atoms with Gasteiger partial charge in [-0.25, -0.2) is 4.79 Å². The number of anilines is 2. The van der Waals surface area contributed by atoms with Crippen molar-refractivity contribution in [2.24, 2.45) is 0 Å². The molecule has 2 rings (SSSR count). The molecule has 1 N–H and O–H groups in total. The zero-order valence-corrected chi connectivity index (χ0v) is 14.2. The number of halogens is 1. The van der Waals surface area contributed by atoms with Crippen LogP contribution in [0.3, 0.4) is 0 Å². The molecule has 0 saturated carbocycles. The lowest BCUT2D eigenvalue weighted by molar-refractivity contribution is -0.113. The Morgan fingerprint density at radius 2 is 2.09 bits per heavy atom. The number of ether oxygens (including phenoxy) is 2. The van der Waals surface area contributed by atoms with Gasteiger partial charge in [-0.2, -0.15) is 0 Å². The Hall–Kier alpha value is -1.31. The van der Waals surface area contributed by atoms with E-state index in [1.54, 1.807) is 6.92 Å². The molecule has 2 heterocycles. The first-order valence-electron chi connectivity index (χ1n) is 7.07. The number of carbonyl (C=O) groups excluding carboxylic acids is 2. The molecular formula is C14H19ClN2O4S. The van der Waals surface area contributed by atoms with E-state index in [9.17, 15) is 9.59 Å². The van der Waals surface area contributed by atoms with Gasteiger partial charge in [-0.15, -0.1) is 11.6 Å². The number of thiophene rings is 1. The first kappa shape index (κ1) is 17.1. The predicted octanol–water partition coefficient (Wildman–Crippen LogP) is 2.25. The van der Waals surface area contributed by atoms with Crippen LogP contribution in [0.15, 0.2) is 0 Å². The minimum Gasteiger partial charge on any atom is -0.462 e. The third kappa shape index (κ3) is 3.71. The van der Waals surface area contributed by atoms with Gasteiger partial charge in [0.1, 0.15) is 10.9 Å². The largest absolute Gasteiger partial charge is 0.462 e. The number of hydrogen-bond acceptors (Lipinski definition) is 6. The van der Waals surface area contributed by atoms with Crippen LogP contribution in [0.1, 0.15) is 22.8 Å². The Morgan fingerprint density at radius 3 is 2.68 bits per heavy atom. The van der Waals surface area contributed by atoms with Crippen LogP contribution in [0.5, 0.6) is 0 Å². The summed E-state index contributed by atoms with van der Waals surface area (Å²) in [6.07, 6.45) is 0. The number of morpholine rings is 1. The summed E-state index contributed by atoms with van der Waals surface area (Å²) in [5.74, 6) is -0.936. The van der Waals surface area contributed by atoms with E-state index >= 15 is 0 Å². The Bertz CT molecular complexity index is 555. The molecule has 0 aromatic carbocycles. The smallest absolute Gasteiger partial charge is 0.341 e. The quantitative estimate of drug-likeness (QED) is 0.654. The molecule has 1 fully saturated rings. The minimum absolute atomic E-state index is 0.161. The third-order valence-corrected chi connectivity index (χ3v) is 4.78. The van der Waals surface area contributed by atoms with Crippen molar-refractivity contribution in [1.29, 1.82) is 0 Å². The molecule has 122 valence electrons. The molecule has 1 aliphatic rings. The molecule has 8 heteroatoms. The lowest BCUT2D eigenvalue weighted by Crippen LogP contribution is -2.36. The first-order valence-corrected chi connectivity index (χ1v) is 8.42. The van der Waals surface area contributed by atoms with Crippen molar-refractivity contribution in [3.63, 3.8) is 0 Å². The Labute approximate surface area is 138 Å². The molecule has 6 nitrogen and oxygen atoms in total. The second kappa shape index (κ2) is 7.80. The average molecular weight is 347 g/mol. The van der Waals surface area contributed by atoms with Crippen LogP contribution < -0.4 is 10.2 Å². The van der Waals surface area contributed by atoms with Crippen molar-refractivity contribution in [2.75, 3.05) is 49.0 Å². The summed E-state index contributed by atoms with van der Waals surface area (Å²) < 4.78 is 10.5. The molecule has 0 bridgehead atoms. The molecule has 1 aromatic rings. The lowest BCUT2D eigenvalue weighted by Gasteiger charge is -2.28. The van der Waals surface area contributed by atoms with Gasteiger partial charge < -0.3 is 19.7 Å². The third-order valence-electron chi connectivity index (χ3n) is 3.27. The van der Waals surface area contributed by atoms with Crippen LogP contribution in [0, 0.1) is 6.92 Å². The summed E-state index contributed by atoms with van der Waals surface area (Å²) in [5.41, 5.74) is 1.22. The summed E-state index contributed by atoms with van der Waals surface area (Å²) >= 11 is 6.91. The predicted molar refractivity (Wildman–Crippen MR) is 87.4 cm³/mol. The van der Waals surface area contributed by atoms with Crippen molar-refractivity contribution in [3.05, 3.63) is 11.1 Å². The zero-order chi connectivity index (χ0) is 16.1. The first-order chi connectivity index (χ1) is 10.6. The van der Waals surface area contributed by atoms with Gasteiger partial charge >= 0.3 is 5.97 Å². The van der Waals surface area contributed by atoms with E-state index in [1.165, 1.54) is 11.3 Å². The highest BCUT2D eigenvalue weighted by Crippen LogP contribution is 2.40. The van der Waals surface area contributed by atoms with Crippen LogP contribution in [-0.2, 0) is 14.3 Å². The average Bonchev–Trinajstić information content (AvgIpc) is 2.84. The van der Waals surface area contributed by atoms with Crippen molar-refractivity contribution in [1.82, 2.24) is 0 Å². The van der Waals surface area contributed by atoms with Crippen molar-refractivity contribution in [2.45, 2.75) is 13.8 Å². The normalized spacial score (nSPS) is 14.8. The van der Waals surface area contributed by atoms with Gasteiger partial charge in [0.05, 0.1) is 30.4 Å². The summed E-state index contributed by atoms with van der Waals surface area (Å²) in [6.45, 7) is 6.71. The highest BCUT2D eigenvalue weighted by Gasteiger charge is 2.26. The number of carbonyl (C=O) groups is 2. The second-order valence-electron chi connectivity index (χ2n) is 4.74. The van der Waals surface area contributed by atoms with E-state index in [-0.39, 0.29) is 18.4 Å². The monoisotopic (exact) mass is 346 g/mol. The van der Waals surface area contributed by atoms with Gasteiger partial charge in [-0.05, 0) is 13.8 Å². The van der Waals surface area contributed by atoms with Crippen LogP contribution in [0.2, 0.25) is 0 Å². The molecular weight excluding hydrogens is 328 g/mol. The van der Waals surface area contributed by atoms with E-state index < -0.39 is 5.97 Å². The molecule has 0 atom stereocenters. The Balaban J connectivity index is 2.36. The maximum Gasteiger partial charge on any atom is 0.341 e. The fourth-order valence-electron chi connectivity index (χ4n) is 2.27. The molecule has 0 aliphatic carbocycles. The zero-order valence-electron chi connectivity index (χ0n) is 12.6. The van der Waals surface area contributed by atoms with E-state index in [0.717, 1.165) is 23.7 Å². The SMILES string of the molecule is CCOC(=O)c1c(NC(=O)CCl)sc(N2CCOCC2)c1C. The number of nitrogens with zero attached hydrogens (tertiary/aromatic N) is 1. The van der Waals surface area contributed by atoms with Gasteiger partial charge in [0.15, 0.2) is 0 Å². The second-order valence-corrected chi connectivity index (χ2v) is 6.00. The molecule has 0 spiro atoms. The van der Waals surface area contributed by atoms with Gasteiger partial charge in [0, 0.05) is 18.7 Å². The maximum absolute atomic E-state index is 12.2. The van der Waals surface area contributed by atoms with E-state index in [0.29, 0.717) is 23.8 Å². The van der Waals surface area contributed by atoms with Gasteiger partial charge in [0.25, 0.3) is 0 Å². The van der Waals surface area contributed by atoms with E-state index in [2.05, 4.69) is 10.2 Å². The molecule has 1 amide bonds. The number of esters is 1. The van der Waals surface area contributed by atoms with E-state index in [4.69, 9.17) is 21.1 Å². The van der Waals surface area contributed by atoms with Gasteiger partial charge in [-0.3, -0.25) is 4.79 Å². The van der Waals surface area contributed by atoms with Gasteiger partial charge in [-0.1, -0.05) is 11.3 Å². The highest BCUT2D eigenvalue weighted by atomic mass is 35.5. The van der Waals surface area contributed by atoms with Crippen LogP contribution in [0.25, 0.3) is 0 Å². The summed E-state index contributed by atoms with van der Waals surface area (Å²) in [4.78, 5) is 26.0. The standard InChI is InChI=1S/C14H19ClN2O4S/c1-3-21-14(19)11-9(2)13(17-4-6-20-7-5-17)22-12(11)16-10(18)8-15/h3-8H2,1-2H3,(H,16,18). The molecule has 0 radical (unpaired) electrons. The molecule has 1 aliphatic heterocycles. The van der Waals surface area contributed by atoms with E-state index in [1.807, 2.05) is 6.92 Å². The summed E-state index contributed by atoms with van der Waals surface area (Å²) in [6, 6.07) is 0. The lowest BCUT2D eigenvalue weighted by atomic mass is 10.2. The Kier molecular flexibility index (Phi) is 6.05. The van der Waals surface area contributed by atoms with Crippen molar-refractivity contribution < 1.29 is 19.1 Å². The van der Waals surface area contributed by atoms with Crippen molar-refractivity contribution >= 4 is 44.8 Å². The summed E-state index contributed by atoms with van der Waals surface area (Å²) in [5, 5.41) is 4.13. The highest BCUT2D eigenvalue weighted by molar-refractivity contribution is 7.20. The number of hydrogen-bond donors (Lipinski definition) is 1. The maximum atomic E-state index is 12.2. The van der Waals surface area contributed by atoms with Crippen LogP contribution in [-0.4, -0.2) is 50.7 Å². The van der Waals surface area contributed by atoms with Gasteiger partial charge in [0.2, 0.25) is 5.91 Å². The molecule has 22 heavy (non-hydrogen) atoms. The number of nitrogens with one attached hydrogen (secondary N) is 1. The van der Waals surface area contributed by atoms with Crippen LogP contribution in [0.4, 0.5) is 10.0 Å². The fraction of sp³-hybridized carbons (Fsp3) is 0.571. The molecule has 1 saturated heterocycles. The topological polar surface area (TPSA) is 67.9 Å². The number of amides is 1. The van der Waals surface area contributed by atoms with Crippen molar-refractivity contribution in [3.8, 4) is 0 Å². The number of alkyl halides is 1.